The number of nitrogens with two attached hydrogens (primary N) is 1. The molecular formula is C13H18N4S. The molecule has 2 heterocycles. The molecule has 0 radical (unpaired) electrons. The maximum absolute atomic E-state index is 5.82. The van der Waals surface area contributed by atoms with E-state index < -0.39 is 0 Å². The second-order valence-corrected chi connectivity index (χ2v) is 6.21. The van der Waals surface area contributed by atoms with E-state index in [1.54, 1.807) is 17.7 Å². The van der Waals surface area contributed by atoms with E-state index in [-0.39, 0.29) is 0 Å². The Morgan fingerprint density at radius 2 is 2.33 bits per heavy atom. The molecule has 2 aromatic rings. The van der Waals surface area contributed by atoms with Gasteiger partial charge in [-0.2, -0.15) is 0 Å². The van der Waals surface area contributed by atoms with Gasteiger partial charge in [0.05, 0.1) is 5.39 Å². The summed E-state index contributed by atoms with van der Waals surface area (Å²) in [5, 5.41) is 4.72. The summed E-state index contributed by atoms with van der Waals surface area (Å²) in [7, 11) is 0. The minimum atomic E-state index is 0.466. The number of aryl methyl sites for hydroxylation is 1. The highest BCUT2D eigenvalue weighted by Gasteiger charge is 2.26. The molecule has 2 aromatic heterocycles. The van der Waals surface area contributed by atoms with Crippen LogP contribution < -0.4 is 11.1 Å². The molecule has 3 rings (SSSR count). The fourth-order valence-electron chi connectivity index (χ4n) is 2.78. The number of thiophene rings is 1. The molecule has 1 aliphatic carbocycles. The smallest absolute Gasteiger partial charge is 0.138 e. The summed E-state index contributed by atoms with van der Waals surface area (Å²) in [5.41, 5.74) is 5.82. The van der Waals surface area contributed by atoms with Gasteiger partial charge in [-0.25, -0.2) is 9.97 Å². The number of rotatable bonds is 3. The van der Waals surface area contributed by atoms with E-state index in [1.807, 2.05) is 0 Å². The van der Waals surface area contributed by atoms with Crippen molar-refractivity contribution in [1.29, 1.82) is 0 Å². The predicted octanol–water partition coefficient (Wildman–Crippen LogP) is 2.54. The largest absolute Gasteiger partial charge is 0.366 e. The Balaban J connectivity index is 1.90. The Labute approximate surface area is 111 Å². The second kappa shape index (κ2) is 4.82. The lowest BCUT2D eigenvalue weighted by Crippen LogP contribution is -2.29. The number of aromatic nitrogens is 2. The predicted molar refractivity (Wildman–Crippen MR) is 76.0 cm³/mol. The minimum Gasteiger partial charge on any atom is -0.366 e. The third kappa shape index (κ3) is 2.08. The standard InChI is InChI=1S/C13H18N4S/c1-8-5-10-12(15-7-16-13(10)18-8)17-11-4-2-3-9(11)6-14/h5,7,9,11H,2-4,6,14H2,1H3,(H,15,16,17). The van der Waals surface area contributed by atoms with Crippen molar-refractivity contribution in [2.24, 2.45) is 11.7 Å². The molecule has 18 heavy (non-hydrogen) atoms. The van der Waals surface area contributed by atoms with Crippen LogP contribution in [0.5, 0.6) is 0 Å². The highest BCUT2D eigenvalue weighted by atomic mass is 32.1. The van der Waals surface area contributed by atoms with Gasteiger partial charge in [0, 0.05) is 10.9 Å². The number of hydrogen-bond acceptors (Lipinski definition) is 5. The van der Waals surface area contributed by atoms with E-state index in [4.69, 9.17) is 5.73 Å². The van der Waals surface area contributed by atoms with E-state index >= 15 is 0 Å². The Morgan fingerprint density at radius 3 is 3.17 bits per heavy atom. The van der Waals surface area contributed by atoms with Gasteiger partial charge in [-0.05, 0) is 38.3 Å². The summed E-state index contributed by atoms with van der Waals surface area (Å²) in [6.45, 7) is 2.86. The average Bonchev–Trinajstić information content (AvgIpc) is 2.94. The van der Waals surface area contributed by atoms with E-state index in [1.165, 1.54) is 24.1 Å². The Hall–Kier alpha value is -1.20. The molecule has 1 fully saturated rings. The summed E-state index contributed by atoms with van der Waals surface area (Å²) in [6.07, 6.45) is 5.32. The summed E-state index contributed by atoms with van der Waals surface area (Å²) in [5.74, 6) is 1.55. The molecule has 2 unspecified atom stereocenters. The van der Waals surface area contributed by atoms with E-state index in [0.717, 1.165) is 22.6 Å². The van der Waals surface area contributed by atoms with Gasteiger partial charge in [-0.1, -0.05) is 6.42 Å². The molecule has 96 valence electrons. The van der Waals surface area contributed by atoms with Gasteiger partial charge in [0.1, 0.15) is 17.0 Å². The molecule has 0 saturated heterocycles. The van der Waals surface area contributed by atoms with Gasteiger partial charge in [0.15, 0.2) is 0 Å². The van der Waals surface area contributed by atoms with E-state index in [0.29, 0.717) is 12.0 Å². The molecule has 2 atom stereocenters. The summed E-state index contributed by atoms with van der Waals surface area (Å²) in [4.78, 5) is 11.1. The van der Waals surface area contributed by atoms with Crippen LogP contribution in [0, 0.1) is 12.8 Å². The summed E-state index contributed by atoms with van der Waals surface area (Å²) < 4.78 is 0. The van der Waals surface area contributed by atoms with Crippen molar-refractivity contribution < 1.29 is 0 Å². The van der Waals surface area contributed by atoms with Gasteiger partial charge >= 0.3 is 0 Å². The Morgan fingerprint density at radius 1 is 1.44 bits per heavy atom. The maximum atomic E-state index is 5.82. The molecule has 0 spiro atoms. The third-order valence-corrected chi connectivity index (χ3v) is 4.70. The topological polar surface area (TPSA) is 63.8 Å². The van der Waals surface area contributed by atoms with Crippen LogP contribution in [-0.2, 0) is 0 Å². The van der Waals surface area contributed by atoms with Crippen LogP contribution >= 0.6 is 11.3 Å². The molecule has 0 aliphatic heterocycles. The van der Waals surface area contributed by atoms with Crippen molar-refractivity contribution in [2.75, 3.05) is 11.9 Å². The molecule has 5 heteroatoms. The van der Waals surface area contributed by atoms with E-state index in [2.05, 4.69) is 28.3 Å². The zero-order chi connectivity index (χ0) is 12.5. The monoisotopic (exact) mass is 262 g/mol. The number of nitrogens with zero attached hydrogens (tertiary/aromatic N) is 2. The first-order valence-corrected chi connectivity index (χ1v) is 7.27. The van der Waals surface area contributed by atoms with Crippen molar-refractivity contribution in [1.82, 2.24) is 9.97 Å². The van der Waals surface area contributed by atoms with Crippen molar-refractivity contribution in [3.05, 3.63) is 17.3 Å². The number of anilines is 1. The highest BCUT2D eigenvalue weighted by Crippen LogP contribution is 2.31. The number of hydrogen-bond donors (Lipinski definition) is 2. The highest BCUT2D eigenvalue weighted by molar-refractivity contribution is 7.18. The SMILES string of the molecule is Cc1cc2c(NC3CCCC3CN)ncnc2s1. The van der Waals surface area contributed by atoms with Crippen LogP contribution in [-0.4, -0.2) is 22.6 Å². The quantitative estimate of drug-likeness (QED) is 0.892. The normalized spacial score (nSPS) is 23.7. The molecule has 4 nitrogen and oxygen atoms in total. The minimum absolute atomic E-state index is 0.466. The lowest BCUT2D eigenvalue weighted by Gasteiger charge is -2.20. The van der Waals surface area contributed by atoms with Crippen molar-refractivity contribution in [3.8, 4) is 0 Å². The number of nitrogens with one attached hydrogen (secondary N) is 1. The van der Waals surface area contributed by atoms with Crippen LogP contribution in [0.25, 0.3) is 10.2 Å². The van der Waals surface area contributed by atoms with Crippen molar-refractivity contribution >= 4 is 27.4 Å². The van der Waals surface area contributed by atoms with Crippen molar-refractivity contribution in [2.45, 2.75) is 32.2 Å². The van der Waals surface area contributed by atoms with Crippen LogP contribution in [0.3, 0.4) is 0 Å². The van der Waals surface area contributed by atoms with Gasteiger partial charge in [0.2, 0.25) is 0 Å². The molecule has 0 amide bonds. The average molecular weight is 262 g/mol. The third-order valence-electron chi connectivity index (χ3n) is 3.74. The summed E-state index contributed by atoms with van der Waals surface area (Å²) in [6, 6.07) is 2.63. The lowest BCUT2D eigenvalue weighted by atomic mass is 10.0. The fraction of sp³-hybridized carbons (Fsp3) is 0.538. The summed E-state index contributed by atoms with van der Waals surface area (Å²) >= 11 is 1.71. The second-order valence-electron chi connectivity index (χ2n) is 4.98. The maximum Gasteiger partial charge on any atom is 0.138 e. The first kappa shape index (κ1) is 11.9. The lowest BCUT2D eigenvalue weighted by molar-refractivity contribution is 0.516. The van der Waals surface area contributed by atoms with Gasteiger partial charge in [0.25, 0.3) is 0 Å². The molecule has 1 aliphatic rings. The first-order valence-electron chi connectivity index (χ1n) is 6.45. The van der Waals surface area contributed by atoms with Gasteiger partial charge in [-0.3, -0.25) is 0 Å². The zero-order valence-corrected chi connectivity index (χ0v) is 11.3. The van der Waals surface area contributed by atoms with E-state index in [9.17, 15) is 0 Å². The Bertz CT molecular complexity index is 551. The zero-order valence-electron chi connectivity index (χ0n) is 10.5. The first-order chi connectivity index (χ1) is 8.78. The number of fused-ring (bicyclic) bond motifs is 1. The van der Waals surface area contributed by atoms with Crippen molar-refractivity contribution in [3.63, 3.8) is 0 Å². The Kier molecular flexibility index (Phi) is 3.18. The molecule has 1 saturated carbocycles. The molecule has 0 aromatic carbocycles. The molecule has 3 N–H and O–H groups in total. The molecule has 0 bridgehead atoms. The van der Waals surface area contributed by atoms with Crippen LogP contribution in [0.2, 0.25) is 0 Å². The van der Waals surface area contributed by atoms with Gasteiger partial charge < -0.3 is 11.1 Å². The van der Waals surface area contributed by atoms with Gasteiger partial charge in [-0.15, -0.1) is 11.3 Å². The molecular weight excluding hydrogens is 244 g/mol. The van der Waals surface area contributed by atoms with Crippen LogP contribution in [0.4, 0.5) is 5.82 Å². The van der Waals surface area contributed by atoms with Crippen LogP contribution in [0.15, 0.2) is 12.4 Å². The fourth-order valence-corrected chi connectivity index (χ4v) is 3.62. The van der Waals surface area contributed by atoms with Crippen LogP contribution in [0.1, 0.15) is 24.1 Å².